The number of pyridine rings is 1. The Kier molecular flexibility index (Phi) is 6.01. The predicted molar refractivity (Wildman–Crippen MR) is 148 cm³/mol. The molecule has 0 saturated heterocycles. The van der Waals surface area contributed by atoms with Gasteiger partial charge in [0.25, 0.3) is 0 Å². The minimum Gasteiger partial charge on any atom is -0.264 e. The van der Waals surface area contributed by atoms with Crippen molar-refractivity contribution in [2.24, 2.45) is 0 Å². The van der Waals surface area contributed by atoms with Gasteiger partial charge in [-0.1, -0.05) is 91.0 Å². The molecule has 1 heterocycles. The molecule has 6 aromatic rings. The van der Waals surface area contributed by atoms with E-state index >= 15 is 0 Å². The molecule has 1 nitrogen and oxygen atoms in total. The Labute approximate surface area is 218 Å². The van der Waals surface area contributed by atoms with Crippen molar-refractivity contribution in [2.45, 2.75) is 6.18 Å². The molecular weight excluding hydrogens is 479 g/mol. The van der Waals surface area contributed by atoms with Crippen LogP contribution in [0.5, 0.6) is 0 Å². The normalized spacial score (nSPS) is 11.6. The number of nitrogens with zero attached hydrogens (tertiary/aromatic N) is 1. The summed E-state index contributed by atoms with van der Waals surface area (Å²) in [7, 11) is 0. The summed E-state index contributed by atoms with van der Waals surface area (Å²) in [6, 6.07) is 38.5. The van der Waals surface area contributed by atoms with Crippen LogP contribution in [0.1, 0.15) is 5.56 Å². The first-order valence-electron chi connectivity index (χ1n) is 12.3. The SMILES string of the molecule is FC(F)(F)c1ccc(-c2ccc(-c3ccc4ccc(-c5ccc(-c6cccnc6)cc5)cc4c3)cc2)cc1. The molecule has 6 rings (SSSR count). The van der Waals surface area contributed by atoms with Crippen molar-refractivity contribution in [1.82, 2.24) is 4.98 Å². The van der Waals surface area contributed by atoms with Crippen LogP contribution in [-0.4, -0.2) is 4.98 Å². The molecule has 0 aliphatic carbocycles. The Hall–Kier alpha value is -4.70. The molecule has 184 valence electrons. The van der Waals surface area contributed by atoms with Crippen molar-refractivity contribution in [3.05, 3.63) is 139 Å². The van der Waals surface area contributed by atoms with Gasteiger partial charge in [0.05, 0.1) is 5.56 Å². The maximum atomic E-state index is 12.9. The van der Waals surface area contributed by atoms with Crippen LogP contribution >= 0.6 is 0 Å². The van der Waals surface area contributed by atoms with E-state index < -0.39 is 11.7 Å². The summed E-state index contributed by atoms with van der Waals surface area (Å²) in [6.07, 6.45) is -0.695. The van der Waals surface area contributed by atoms with E-state index in [1.54, 1.807) is 6.20 Å². The summed E-state index contributed by atoms with van der Waals surface area (Å²) >= 11 is 0. The van der Waals surface area contributed by atoms with Crippen molar-refractivity contribution in [1.29, 1.82) is 0 Å². The zero-order valence-corrected chi connectivity index (χ0v) is 20.3. The molecule has 0 unspecified atom stereocenters. The van der Waals surface area contributed by atoms with Gasteiger partial charge in [0.2, 0.25) is 0 Å². The lowest BCUT2D eigenvalue weighted by Gasteiger charge is -2.10. The molecule has 0 aliphatic heterocycles. The van der Waals surface area contributed by atoms with Gasteiger partial charge in [-0.05, 0) is 85.6 Å². The Bertz CT molecular complexity index is 1700. The van der Waals surface area contributed by atoms with Crippen molar-refractivity contribution in [3.8, 4) is 44.5 Å². The van der Waals surface area contributed by atoms with E-state index in [4.69, 9.17) is 0 Å². The fourth-order valence-electron chi connectivity index (χ4n) is 4.70. The molecule has 0 spiro atoms. The lowest BCUT2D eigenvalue weighted by atomic mass is 9.95. The molecular formula is C34H22F3N. The zero-order chi connectivity index (χ0) is 26.1. The first-order chi connectivity index (χ1) is 18.4. The lowest BCUT2D eigenvalue weighted by molar-refractivity contribution is -0.137. The average Bonchev–Trinajstić information content (AvgIpc) is 2.97. The van der Waals surface area contributed by atoms with Gasteiger partial charge in [0.15, 0.2) is 0 Å². The highest BCUT2D eigenvalue weighted by Gasteiger charge is 2.29. The number of halogens is 3. The summed E-state index contributed by atoms with van der Waals surface area (Å²) in [5.74, 6) is 0. The van der Waals surface area contributed by atoms with Crippen LogP contribution < -0.4 is 0 Å². The Morgan fingerprint density at radius 3 is 1.29 bits per heavy atom. The number of fused-ring (bicyclic) bond motifs is 1. The fraction of sp³-hybridized carbons (Fsp3) is 0.0294. The maximum absolute atomic E-state index is 12.9. The Morgan fingerprint density at radius 2 is 0.842 bits per heavy atom. The quantitative estimate of drug-likeness (QED) is 0.234. The third-order valence-electron chi connectivity index (χ3n) is 6.82. The number of alkyl halides is 3. The van der Waals surface area contributed by atoms with Crippen LogP contribution in [0.2, 0.25) is 0 Å². The third kappa shape index (κ3) is 4.81. The standard InChI is InChI=1S/C34H22F3N/c35-34(36,37)33-17-15-24(16-18-33)23-3-5-25(6-4-23)29-13-11-28-12-14-30(21-32(28)20-29)26-7-9-27(10-8-26)31-2-1-19-38-22-31/h1-22H. The number of aromatic nitrogens is 1. The summed E-state index contributed by atoms with van der Waals surface area (Å²) in [4.78, 5) is 4.20. The number of rotatable bonds is 4. The van der Waals surface area contributed by atoms with Gasteiger partial charge >= 0.3 is 6.18 Å². The Balaban J connectivity index is 1.26. The van der Waals surface area contributed by atoms with Crippen molar-refractivity contribution in [3.63, 3.8) is 0 Å². The van der Waals surface area contributed by atoms with Gasteiger partial charge in [0, 0.05) is 12.4 Å². The van der Waals surface area contributed by atoms with Gasteiger partial charge in [-0.3, -0.25) is 4.98 Å². The van der Waals surface area contributed by atoms with Crippen LogP contribution in [0, 0.1) is 0 Å². The Morgan fingerprint density at radius 1 is 0.421 bits per heavy atom. The molecule has 38 heavy (non-hydrogen) atoms. The van der Waals surface area contributed by atoms with Gasteiger partial charge in [-0.15, -0.1) is 0 Å². The topological polar surface area (TPSA) is 12.9 Å². The number of hydrogen-bond donors (Lipinski definition) is 0. The van der Waals surface area contributed by atoms with Crippen molar-refractivity contribution in [2.75, 3.05) is 0 Å². The molecule has 5 aromatic carbocycles. The molecule has 4 heteroatoms. The maximum Gasteiger partial charge on any atom is 0.416 e. The fourth-order valence-corrected chi connectivity index (χ4v) is 4.70. The van der Waals surface area contributed by atoms with Crippen LogP contribution in [0.15, 0.2) is 134 Å². The minimum atomic E-state index is -4.33. The smallest absolute Gasteiger partial charge is 0.264 e. The van der Waals surface area contributed by atoms with E-state index in [0.717, 1.165) is 67.4 Å². The molecule has 0 N–H and O–H groups in total. The van der Waals surface area contributed by atoms with Crippen LogP contribution in [-0.2, 0) is 6.18 Å². The monoisotopic (exact) mass is 501 g/mol. The summed E-state index contributed by atoms with van der Waals surface area (Å²) < 4.78 is 38.6. The van der Waals surface area contributed by atoms with E-state index in [1.165, 1.54) is 12.1 Å². The molecule has 0 fully saturated rings. The van der Waals surface area contributed by atoms with Crippen molar-refractivity contribution < 1.29 is 13.2 Å². The van der Waals surface area contributed by atoms with E-state index in [2.05, 4.69) is 71.7 Å². The largest absolute Gasteiger partial charge is 0.416 e. The van der Waals surface area contributed by atoms with E-state index in [0.29, 0.717) is 0 Å². The molecule has 0 aliphatic rings. The van der Waals surface area contributed by atoms with Crippen LogP contribution in [0.3, 0.4) is 0 Å². The van der Waals surface area contributed by atoms with E-state index in [9.17, 15) is 13.2 Å². The first kappa shape index (κ1) is 23.7. The summed E-state index contributed by atoms with van der Waals surface area (Å²) in [5, 5.41) is 2.30. The van der Waals surface area contributed by atoms with Gasteiger partial charge in [-0.2, -0.15) is 13.2 Å². The molecule has 0 amide bonds. The third-order valence-corrected chi connectivity index (χ3v) is 6.82. The molecule has 0 saturated carbocycles. The van der Waals surface area contributed by atoms with Crippen LogP contribution in [0.4, 0.5) is 13.2 Å². The highest BCUT2D eigenvalue weighted by atomic mass is 19.4. The molecule has 0 bridgehead atoms. The van der Waals surface area contributed by atoms with E-state index in [-0.39, 0.29) is 0 Å². The predicted octanol–water partition coefficient (Wildman–Crippen LogP) is 9.92. The highest BCUT2D eigenvalue weighted by Crippen LogP contribution is 2.33. The van der Waals surface area contributed by atoms with Crippen molar-refractivity contribution >= 4 is 10.8 Å². The lowest BCUT2D eigenvalue weighted by Crippen LogP contribution is -2.03. The molecule has 0 atom stereocenters. The second kappa shape index (κ2) is 9.64. The summed E-state index contributed by atoms with van der Waals surface area (Å²) in [5.41, 5.74) is 7.63. The zero-order valence-electron chi connectivity index (χ0n) is 20.3. The summed E-state index contributed by atoms with van der Waals surface area (Å²) in [6.45, 7) is 0. The number of hydrogen-bond acceptors (Lipinski definition) is 1. The van der Waals surface area contributed by atoms with Gasteiger partial charge in [-0.25, -0.2) is 0 Å². The average molecular weight is 502 g/mol. The van der Waals surface area contributed by atoms with Gasteiger partial charge in [0.1, 0.15) is 0 Å². The second-order valence-corrected chi connectivity index (χ2v) is 9.25. The molecule has 1 aromatic heterocycles. The number of benzene rings is 5. The van der Waals surface area contributed by atoms with Crippen LogP contribution in [0.25, 0.3) is 55.3 Å². The minimum absolute atomic E-state index is 0.641. The van der Waals surface area contributed by atoms with Gasteiger partial charge < -0.3 is 0 Å². The molecule has 0 radical (unpaired) electrons. The first-order valence-corrected chi connectivity index (χ1v) is 12.3. The highest BCUT2D eigenvalue weighted by molar-refractivity contribution is 5.91. The second-order valence-electron chi connectivity index (χ2n) is 9.25. The van der Waals surface area contributed by atoms with E-state index in [1.807, 2.05) is 36.5 Å².